The summed E-state index contributed by atoms with van der Waals surface area (Å²) >= 11 is 6.12. The largest absolute Gasteiger partial charge is 0.462 e. The van der Waals surface area contributed by atoms with Crippen molar-refractivity contribution in [3.63, 3.8) is 0 Å². The molecule has 4 rings (SSSR count). The molecule has 0 spiro atoms. The van der Waals surface area contributed by atoms with Crippen molar-refractivity contribution in [1.82, 2.24) is 14.5 Å². The molecule has 1 N–H and O–H groups in total. The maximum atomic E-state index is 12.7. The standard InChI is InChI=1S/C20H20ClN3O4S/c1-2-28-20(25)14-4-8-19(17(21)10-14)29(26,27)23-11-13-3-7-18-15(9-13)12-22-24(18)16-5-6-16/h3-4,7-10,12,16,23H,2,5-6,11H2,1H3. The molecule has 1 heterocycles. The Kier molecular flexibility index (Phi) is 5.33. The summed E-state index contributed by atoms with van der Waals surface area (Å²) in [4.78, 5) is 11.7. The molecule has 0 atom stereocenters. The lowest BCUT2D eigenvalue weighted by atomic mass is 10.1. The summed E-state index contributed by atoms with van der Waals surface area (Å²) in [6.45, 7) is 2.03. The van der Waals surface area contributed by atoms with Crippen LogP contribution in [0.1, 0.15) is 41.7 Å². The number of sulfonamides is 1. The van der Waals surface area contributed by atoms with Gasteiger partial charge in [-0.05, 0) is 55.7 Å². The topological polar surface area (TPSA) is 90.3 Å². The number of ether oxygens (including phenoxy) is 1. The zero-order valence-corrected chi connectivity index (χ0v) is 17.3. The number of esters is 1. The van der Waals surface area contributed by atoms with Gasteiger partial charge in [-0.2, -0.15) is 5.10 Å². The first-order valence-electron chi connectivity index (χ1n) is 9.31. The van der Waals surface area contributed by atoms with Crippen LogP contribution in [0.3, 0.4) is 0 Å². The molecule has 29 heavy (non-hydrogen) atoms. The van der Waals surface area contributed by atoms with E-state index in [1.54, 1.807) is 13.1 Å². The molecule has 0 unspecified atom stereocenters. The van der Waals surface area contributed by atoms with E-state index in [4.69, 9.17) is 16.3 Å². The third kappa shape index (κ3) is 4.14. The first kappa shape index (κ1) is 19.9. The molecule has 3 aromatic rings. The monoisotopic (exact) mass is 433 g/mol. The highest BCUT2D eigenvalue weighted by Crippen LogP contribution is 2.36. The summed E-state index contributed by atoms with van der Waals surface area (Å²) in [5, 5.41) is 5.36. The van der Waals surface area contributed by atoms with Crippen molar-refractivity contribution in [3.8, 4) is 0 Å². The number of hydrogen-bond donors (Lipinski definition) is 1. The van der Waals surface area contributed by atoms with Crippen molar-refractivity contribution in [2.75, 3.05) is 6.61 Å². The smallest absolute Gasteiger partial charge is 0.338 e. The van der Waals surface area contributed by atoms with Gasteiger partial charge >= 0.3 is 5.97 Å². The number of benzene rings is 2. The van der Waals surface area contributed by atoms with Gasteiger partial charge in [0.1, 0.15) is 4.90 Å². The number of carbonyl (C=O) groups excluding carboxylic acids is 1. The number of carbonyl (C=O) groups is 1. The number of aromatic nitrogens is 2. The van der Waals surface area contributed by atoms with Crippen LogP contribution in [0.5, 0.6) is 0 Å². The van der Waals surface area contributed by atoms with E-state index in [9.17, 15) is 13.2 Å². The second-order valence-electron chi connectivity index (χ2n) is 6.90. The van der Waals surface area contributed by atoms with E-state index in [0.29, 0.717) is 6.04 Å². The van der Waals surface area contributed by atoms with Crippen LogP contribution in [0, 0.1) is 0 Å². The Bertz CT molecular complexity index is 1190. The predicted molar refractivity (Wildman–Crippen MR) is 109 cm³/mol. The summed E-state index contributed by atoms with van der Waals surface area (Å²) in [6, 6.07) is 10.2. The molecule has 0 aliphatic heterocycles. The van der Waals surface area contributed by atoms with Crippen molar-refractivity contribution in [3.05, 3.63) is 58.7 Å². The van der Waals surface area contributed by atoms with Gasteiger partial charge in [0.25, 0.3) is 0 Å². The van der Waals surface area contributed by atoms with E-state index in [-0.39, 0.29) is 28.6 Å². The number of halogens is 1. The maximum Gasteiger partial charge on any atom is 0.338 e. The van der Waals surface area contributed by atoms with E-state index in [2.05, 4.69) is 9.82 Å². The normalized spacial score (nSPS) is 14.3. The summed E-state index contributed by atoms with van der Waals surface area (Å²) in [5.74, 6) is -0.550. The molecule has 1 aliphatic carbocycles. The molecule has 1 aromatic heterocycles. The molecule has 0 amide bonds. The predicted octanol–water partition coefficient (Wildman–Crippen LogP) is 3.68. The second kappa shape index (κ2) is 7.78. The zero-order chi connectivity index (χ0) is 20.6. The SMILES string of the molecule is CCOC(=O)c1ccc(S(=O)(=O)NCc2ccc3c(cnn3C3CC3)c2)c(Cl)c1. The number of nitrogens with one attached hydrogen (secondary N) is 1. The number of rotatable bonds is 7. The molecule has 2 aromatic carbocycles. The van der Waals surface area contributed by atoms with E-state index >= 15 is 0 Å². The second-order valence-corrected chi connectivity index (χ2v) is 9.05. The van der Waals surface area contributed by atoms with Crippen molar-refractivity contribution >= 4 is 38.5 Å². The van der Waals surface area contributed by atoms with Gasteiger partial charge in [0.15, 0.2) is 0 Å². The van der Waals surface area contributed by atoms with Gasteiger partial charge in [-0.1, -0.05) is 17.7 Å². The van der Waals surface area contributed by atoms with Gasteiger partial charge in [0.2, 0.25) is 10.0 Å². The fourth-order valence-corrected chi connectivity index (χ4v) is 4.70. The van der Waals surface area contributed by atoms with Crippen LogP contribution in [0.25, 0.3) is 10.9 Å². The fraction of sp³-hybridized carbons (Fsp3) is 0.300. The lowest BCUT2D eigenvalue weighted by Gasteiger charge is -2.10. The molecule has 1 aliphatic rings. The van der Waals surface area contributed by atoms with Gasteiger partial charge in [-0.25, -0.2) is 17.9 Å². The van der Waals surface area contributed by atoms with Crippen molar-refractivity contribution in [2.24, 2.45) is 0 Å². The third-order valence-corrected chi connectivity index (χ3v) is 6.64. The van der Waals surface area contributed by atoms with E-state index in [1.165, 1.54) is 18.2 Å². The number of fused-ring (bicyclic) bond motifs is 1. The van der Waals surface area contributed by atoms with Crippen molar-refractivity contribution in [2.45, 2.75) is 37.2 Å². The Morgan fingerprint density at radius 3 is 2.76 bits per heavy atom. The molecular weight excluding hydrogens is 414 g/mol. The molecule has 9 heteroatoms. The van der Waals surface area contributed by atoms with E-state index in [1.807, 2.05) is 22.9 Å². The van der Waals surface area contributed by atoms with Gasteiger partial charge in [-0.3, -0.25) is 4.68 Å². The van der Waals surface area contributed by atoms with Crippen LogP contribution in [0.15, 0.2) is 47.5 Å². The van der Waals surface area contributed by atoms with Gasteiger partial charge in [-0.15, -0.1) is 0 Å². The Morgan fingerprint density at radius 1 is 1.28 bits per heavy atom. The van der Waals surface area contributed by atoms with Gasteiger partial charge in [0, 0.05) is 11.9 Å². The molecule has 0 bridgehead atoms. The molecule has 1 fully saturated rings. The molecule has 0 saturated heterocycles. The first-order chi connectivity index (χ1) is 13.9. The van der Waals surface area contributed by atoms with Crippen LogP contribution in [0.2, 0.25) is 5.02 Å². The highest BCUT2D eigenvalue weighted by atomic mass is 35.5. The van der Waals surface area contributed by atoms with Crippen LogP contribution >= 0.6 is 11.6 Å². The molecule has 1 saturated carbocycles. The molecule has 0 radical (unpaired) electrons. The Hall–Kier alpha value is -2.42. The minimum absolute atomic E-state index is 0.0378. The van der Waals surface area contributed by atoms with Crippen molar-refractivity contribution in [1.29, 1.82) is 0 Å². The highest BCUT2D eigenvalue weighted by molar-refractivity contribution is 7.89. The van der Waals surface area contributed by atoms with Crippen LogP contribution in [-0.4, -0.2) is 30.8 Å². The minimum Gasteiger partial charge on any atom is -0.462 e. The van der Waals surface area contributed by atoms with Crippen LogP contribution in [0.4, 0.5) is 0 Å². The zero-order valence-electron chi connectivity index (χ0n) is 15.8. The van der Waals surface area contributed by atoms with Gasteiger partial charge < -0.3 is 4.74 Å². The Morgan fingerprint density at radius 2 is 2.07 bits per heavy atom. The summed E-state index contributed by atoms with van der Waals surface area (Å²) in [6.07, 6.45) is 4.10. The Balaban J connectivity index is 1.50. The fourth-order valence-electron chi connectivity index (χ4n) is 3.14. The number of nitrogens with zero attached hydrogens (tertiary/aromatic N) is 2. The van der Waals surface area contributed by atoms with Gasteiger partial charge in [0.05, 0.1) is 34.9 Å². The van der Waals surface area contributed by atoms with Crippen LogP contribution in [-0.2, 0) is 21.3 Å². The van der Waals surface area contributed by atoms with Crippen LogP contribution < -0.4 is 4.72 Å². The molecular formula is C20H20ClN3O4S. The molecule has 7 nitrogen and oxygen atoms in total. The maximum absolute atomic E-state index is 12.7. The quantitative estimate of drug-likeness (QED) is 0.574. The van der Waals surface area contributed by atoms with E-state index in [0.717, 1.165) is 29.3 Å². The summed E-state index contributed by atoms with van der Waals surface area (Å²) in [5.41, 5.74) is 2.07. The number of hydrogen-bond acceptors (Lipinski definition) is 5. The first-order valence-corrected chi connectivity index (χ1v) is 11.2. The lowest BCUT2D eigenvalue weighted by Crippen LogP contribution is -2.23. The highest BCUT2D eigenvalue weighted by Gasteiger charge is 2.26. The third-order valence-electron chi connectivity index (χ3n) is 4.75. The average Bonchev–Trinajstić information content (AvgIpc) is 3.45. The lowest BCUT2D eigenvalue weighted by molar-refractivity contribution is 0.0526. The summed E-state index contributed by atoms with van der Waals surface area (Å²) in [7, 11) is -3.85. The van der Waals surface area contributed by atoms with Crippen molar-refractivity contribution < 1.29 is 17.9 Å². The minimum atomic E-state index is -3.85. The Labute approximate surface area is 173 Å². The van der Waals surface area contributed by atoms with E-state index < -0.39 is 16.0 Å². The average molecular weight is 434 g/mol. The molecule has 152 valence electrons. The summed E-state index contributed by atoms with van der Waals surface area (Å²) < 4.78 is 34.8.